The second-order valence-electron chi connectivity index (χ2n) is 8.40. The monoisotopic (exact) mass is 422 g/mol. The Morgan fingerprint density at radius 1 is 1.06 bits per heavy atom. The number of carbonyl (C=O) groups excluding carboxylic acids is 1. The molecule has 0 bridgehead atoms. The molecule has 166 valence electrons. The van der Waals surface area contributed by atoms with Gasteiger partial charge >= 0.3 is 5.97 Å². The second-order valence-corrected chi connectivity index (χ2v) is 8.40. The molecule has 31 heavy (non-hydrogen) atoms. The van der Waals surface area contributed by atoms with Crippen molar-refractivity contribution < 1.29 is 19.8 Å². The molecular formula is C27H34O4. The zero-order valence-corrected chi connectivity index (χ0v) is 19.2. The van der Waals surface area contributed by atoms with Crippen LogP contribution in [0.15, 0.2) is 83.0 Å². The highest BCUT2D eigenvalue weighted by Gasteiger charge is 2.26. The van der Waals surface area contributed by atoms with E-state index in [-0.39, 0.29) is 16.7 Å². The number of aromatic carboxylic acids is 1. The summed E-state index contributed by atoms with van der Waals surface area (Å²) < 4.78 is 0. The second kappa shape index (κ2) is 12.5. The molecule has 4 heteroatoms. The molecule has 0 saturated carbocycles. The van der Waals surface area contributed by atoms with Crippen LogP contribution >= 0.6 is 0 Å². The predicted molar refractivity (Wildman–Crippen MR) is 127 cm³/mol. The third-order valence-corrected chi connectivity index (χ3v) is 5.24. The van der Waals surface area contributed by atoms with Gasteiger partial charge in [0.15, 0.2) is 0 Å². The molecule has 2 N–H and O–H groups in total. The summed E-state index contributed by atoms with van der Waals surface area (Å²) >= 11 is 0. The lowest BCUT2D eigenvalue weighted by Gasteiger charge is -2.32. The first-order valence-corrected chi connectivity index (χ1v) is 10.4. The molecule has 0 saturated heterocycles. The molecule has 1 aromatic rings. The van der Waals surface area contributed by atoms with Gasteiger partial charge in [-0.3, -0.25) is 4.79 Å². The maximum Gasteiger partial charge on any atom is 0.339 e. The van der Waals surface area contributed by atoms with Crippen molar-refractivity contribution in [3.63, 3.8) is 0 Å². The van der Waals surface area contributed by atoms with Crippen molar-refractivity contribution in [3.8, 4) is 5.75 Å². The van der Waals surface area contributed by atoms with Crippen LogP contribution in [-0.4, -0.2) is 22.5 Å². The molecule has 0 amide bonds. The first kappa shape index (κ1) is 25.9. The zero-order valence-electron chi connectivity index (χ0n) is 19.2. The van der Waals surface area contributed by atoms with Gasteiger partial charge in [0.1, 0.15) is 17.6 Å². The van der Waals surface area contributed by atoms with E-state index in [4.69, 9.17) is 10.2 Å². The molecule has 1 aromatic carbocycles. The minimum Gasteiger partial charge on any atom is -0.507 e. The molecule has 0 radical (unpaired) electrons. The van der Waals surface area contributed by atoms with E-state index in [0.717, 1.165) is 11.9 Å². The van der Waals surface area contributed by atoms with Crippen LogP contribution in [0.25, 0.3) is 0 Å². The molecule has 0 aliphatic heterocycles. The van der Waals surface area contributed by atoms with Gasteiger partial charge in [0, 0.05) is 0 Å². The summed E-state index contributed by atoms with van der Waals surface area (Å²) in [6, 6.07) is 5.81. The smallest absolute Gasteiger partial charge is 0.339 e. The van der Waals surface area contributed by atoms with Crippen molar-refractivity contribution in [2.24, 2.45) is 5.41 Å². The van der Waals surface area contributed by atoms with Crippen LogP contribution < -0.4 is 0 Å². The Kier molecular flexibility index (Phi) is 10.5. The first-order valence-electron chi connectivity index (χ1n) is 10.4. The zero-order chi connectivity index (χ0) is 23.4. The lowest BCUT2D eigenvalue weighted by Crippen LogP contribution is -2.19. The lowest BCUT2D eigenvalue weighted by molar-refractivity contribution is -0.104. The van der Waals surface area contributed by atoms with E-state index in [1.807, 2.05) is 19.1 Å². The molecule has 4 nitrogen and oxygen atoms in total. The Bertz CT molecular complexity index is 924. The summed E-state index contributed by atoms with van der Waals surface area (Å²) in [7, 11) is 0. The summed E-state index contributed by atoms with van der Waals surface area (Å²) in [5.74, 6) is -1.31. The standard InChI is InChI=1S/C20H28O.C7H6O3/c1-16(8-6-9-17(2)13-15-21)11-12-19-18(3)10-7-14-20(19,4)5;8-6-4-2-1-3-5(6)7(9)10/h6,8-9,11-13,15H,7,10,14H2,1-5H3;1-4,8H,(H,9,10). The molecule has 0 spiro atoms. The normalized spacial score (nSPS) is 16.9. The van der Waals surface area contributed by atoms with E-state index in [9.17, 15) is 9.59 Å². The number of aromatic hydroxyl groups is 1. The van der Waals surface area contributed by atoms with Gasteiger partial charge in [-0.15, -0.1) is 0 Å². The first-order chi connectivity index (χ1) is 14.6. The van der Waals surface area contributed by atoms with Gasteiger partial charge in [0.25, 0.3) is 0 Å². The van der Waals surface area contributed by atoms with Crippen molar-refractivity contribution >= 4 is 12.3 Å². The van der Waals surface area contributed by atoms with Gasteiger partial charge in [-0.25, -0.2) is 4.79 Å². The number of allylic oxidation sites excluding steroid dienone is 10. The van der Waals surface area contributed by atoms with Crippen molar-refractivity contribution in [2.45, 2.75) is 53.9 Å². The van der Waals surface area contributed by atoms with E-state index < -0.39 is 5.97 Å². The number of carboxylic acid groups (broad SMARTS) is 1. The van der Waals surface area contributed by atoms with E-state index in [1.54, 1.807) is 18.2 Å². The van der Waals surface area contributed by atoms with Crippen molar-refractivity contribution in [1.82, 2.24) is 0 Å². The van der Waals surface area contributed by atoms with Crippen LogP contribution in [-0.2, 0) is 4.79 Å². The minimum atomic E-state index is -1.11. The molecule has 0 fully saturated rings. The number of carboxylic acids is 1. The number of rotatable bonds is 6. The predicted octanol–water partition coefficient (Wildman–Crippen LogP) is 6.81. The third kappa shape index (κ3) is 9.04. The van der Waals surface area contributed by atoms with E-state index in [1.165, 1.54) is 48.1 Å². The Labute approximate surface area is 186 Å². The molecule has 1 aliphatic rings. The average molecular weight is 423 g/mol. The number of phenols is 1. The maximum absolute atomic E-state index is 10.3. The molecular weight excluding hydrogens is 388 g/mol. The summed E-state index contributed by atoms with van der Waals surface area (Å²) in [5, 5.41) is 17.3. The quantitative estimate of drug-likeness (QED) is 0.300. The fourth-order valence-corrected chi connectivity index (χ4v) is 3.45. The molecule has 0 heterocycles. The fraction of sp³-hybridized carbons (Fsp3) is 0.333. The van der Waals surface area contributed by atoms with Gasteiger partial charge in [0.2, 0.25) is 0 Å². The van der Waals surface area contributed by atoms with Crippen LogP contribution in [0, 0.1) is 5.41 Å². The SMILES string of the molecule is CC(C=CC=C(C)C=CC1=C(C)CCCC1(C)C)=CC=O.O=C(O)c1ccccc1O. The van der Waals surface area contributed by atoms with Crippen molar-refractivity contribution in [2.75, 3.05) is 0 Å². The number of aldehydes is 1. The van der Waals surface area contributed by atoms with Crippen molar-refractivity contribution in [3.05, 3.63) is 88.6 Å². The van der Waals surface area contributed by atoms with Gasteiger partial charge in [0.05, 0.1) is 0 Å². The Balaban J connectivity index is 0.000000399. The number of hydrogen-bond acceptors (Lipinski definition) is 3. The van der Waals surface area contributed by atoms with Crippen LogP contribution in [0.2, 0.25) is 0 Å². The topological polar surface area (TPSA) is 74.6 Å². The molecule has 0 atom stereocenters. The Hall–Kier alpha value is -3.14. The van der Waals surface area contributed by atoms with Gasteiger partial charge in [-0.05, 0) is 74.8 Å². The number of benzene rings is 1. The van der Waals surface area contributed by atoms with Gasteiger partial charge in [-0.1, -0.05) is 67.5 Å². The summed E-state index contributed by atoms with van der Waals surface area (Å²) in [6.45, 7) is 10.9. The highest BCUT2D eigenvalue weighted by Crippen LogP contribution is 2.40. The van der Waals surface area contributed by atoms with Gasteiger partial charge in [-0.2, -0.15) is 0 Å². The van der Waals surface area contributed by atoms with Crippen LogP contribution in [0.3, 0.4) is 0 Å². The van der Waals surface area contributed by atoms with Gasteiger partial charge < -0.3 is 10.2 Å². The van der Waals surface area contributed by atoms with Crippen LogP contribution in [0.5, 0.6) is 5.75 Å². The fourth-order valence-electron chi connectivity index (χ4n) is 3.45. The average Bonchev–Trinajstić information content (AvgIpc) is 2.68. The maximum atomic E-state index is 10.3. The van der Waals surface area contributed by atoms with Crippen LogP contribution in [0.4, 0.5) is 0 Å². The summed E-state index contributed by atoms with van der Waals surface area (Å²) in [5.41, 5.74) is 5.41. The molecule has 0 unspecified atom stereocenters. The summed E-state index contributed by atoms with van der Waals surface area (Å²) in [4.78, 5) is 20.6. The minimum absolute atomic E-state index is 0.0671. The summed E-state index contributed by atoms with van der Waals surface area (Å²) in [6.07, 6.45) is 16.6. The van der Waals surface area contributed by atoms with E-state index >= 15 is 0 Å². The molecule has 1 aliphatic carbocycles. The van der Waals surface area contributed by atoms with Crippen molar-refractivity contribution in [1.29, 1.82) is 0 Å². The van der Waals surface area contributed by atoms with E-state index in [0.29, 0.717) is 0 Å². The Morgan fingerprint density at radius 2 is 1.71 bits per heavy atom. The number of hydrogen-bond donors (Lipinski definition) is 2. The largest absolute Gasteiger partial charge is 0.507 e. The highest BCUT2D eigenvalue weighted by atomic mass is 16.4. The van der Waals surface area contributed by atoms with E-state index in [2.05, 4.69) is 45.9 Å². The lowest BCUT2D eigenvalue weighted by atomic mass is 9.72. The number of carbonyl (C=O) groups is 2. The number of para-hydroxylation sites is 1. The third-order valence-electron chi connectivity index (χ3n) is 5.24. The van der Waals surface area contributed by atoms with Crippen LogP contribution in [0.1, 0.15) is 64.2 Å². The Morgan fingerprint density at radius 3 is 2.26 bits per heavy atom. The highest BCUT2D eigenvalue weighted by molar-refractivity contribution is 5.90. The molecule has 0 aromatic heterocycles. The molecule has 2 rings (SSSR count).